The summed E-state index contributed by atoms with van der Waals surface area (Å²) >= 11 is 0. The Hall–Kier alpha value is -1.77. The van der Waals surface area contributed by atoms with Gasteiger partial charge in [-0.2, -0.15) is 0 Å². The molecule has 1 amide bonds. The first-order valence-electron chi connectivity index (χ1n) is 4.69. The van der Waals surface area contributed by atoms with Crippen LogP contribution in [0.2, 0.25) is 0 Å². The normalized spacial score (nSPS) is 19.8. The SMILES string of the molecule is CC1NC(=O)c2[nH]c3ccccc3c21. The Morgan fingerprint density at radius 2 is 2.07 bits per heavy atom. The summed E-state index contributed by atoms with van der Waals surface area (Å²) in [6.45, 7) is 2.00. The van der Waals surface area contributed by atoms with Crippen LogP contribution in [-0.2, 0) is 0 Å². The number of carbonyl (C=O) groups is 1. The predicted molar refractivity (Wildman–Crippen MR) is 54.2 cm³/mol. The number of para-hydroxylation sites is 1. The van der Waals surface area contributed by atoms with Gasteiger partial charge in [0.1, 0.15) is 5.69 Å². The first-order valence-corrected chi connectivity index (χ1v) is 4.69. The molecule has 2 aromatic rings. The maximum Gasteiger partial charge on any atom is 0.268 e. The van der Waals surface area contributed by atoms with E-state index in [2.05, 4.69) is 10.3 Å². The van der Waals surface area contributed by atoms with Crippen molar-refractivity contribution in [3.8, 4) is 0 Å². The van der Waals surface area contributed by atoms with Crippen molar-refractivity contribution in [3.05, 3.63) is 35.5 Å². The van der Waals surface area contributed by atoms with Crippen LogP contribution in [0.15, 0.2) is 24.3 Å². The van der Waals surface area contributed by atoms with E-state index in [0.29, 0.717) is 0 Å². The Morgan fingerprint density at radius 1 is 1.29 bits per heavy atom. The van der Waals surface area contributed by atoms with Crippen LogP contribution in [-0.4, -0.2) is 10.9 Å². The van der Waals surface area contributed by atoms with E-state index in [1.54, 1.807) is 0 Å². The van der Waals surface area contributed by atoms with Crippen molar-refractivity contribution < 1.29 is 4.79 Å². The Morgan fingerprint density at radius 3 is 2.93 bits per heavy atom. The molecule has 1 atom stereocenters. The highest BCUT2D eigenvalue weighted by Gasteiger charge is 2.29. The molecule has 0 bridgehead atoms. The number of H-pyrrole nitrogens is 1. The number of benzene rings is 1. The van der Waals surface area contributed by atoms with Gasteiger partial charge >= 0.3 is 0 Å². The minimum absolute atomic E-state index is 0.00343. The number of rotatable bonds is 0. The third-order valence-electron chi connectivity index (χ3n) is 2.75. The van der Waals surface area contributed by atoms with Crippen LogP contribution in [0.1, 0.15) is 29.0 Å². The lowest BCUT2D eigenvalue weighted by Gasteiger charge is -2.02. The zero-order valence-electron chi connectivity index (χ0n) is 7.79. The molecular weight excluding hydrogens is 176 g/mol. The summed E-state index contributed by atoms with van der Waals surface area (Å²) in [6, 6.07) is 8.12. The average molecular weight is 186 g/mol. The van der Waals surface area contributed by atoms with E-state index in [-0.39, 0.29) is 11.9 Å². The van der Waals surface area contributed by atoms with Gasteiger partial charge in [0.25, 0.3) is 5.91 Å². The number of carbonyl (C=O) groups excluding carboxylic acids is 1. The molecule has 2 heterocycles. The van der Waals surface area contributed by atoms with Crippen LogP contribution in [0.25, 0.3) is 10.9 Å². The molecule has 70 valence electrons. The summed E-state index contributed by atoms with van der Waals surface area (Å²) < 4.78 is 0. The van der Waals surface area contributed by atoms with Crippen molar-refractivity contribution in [1.29, 1.82) is 0 Å². The first-order chi connectivity index (χ1) is 6.77. The molecule has 3 heteroatoms. The lowest BCUT2D eigenvalue weighted by molar-refractivity contribution is 0.0954. The molecule has 1 aromatic heterocycles. The fourth-order valence-electron chi connectivity index (χ4n) is 2.13. The Balaban J connectivity index is 2.43. The smallest absolute Gasteiger partial charge is 0.268 e. The summed E-state index contributed by atoms with van der Waals surface area (Å²) in [4.78, 5) is 14.6. The summed E-state index contributed by atoms with van der Waals surface area (Å²) in [5.74, 6) is 0.00343. The highest BCUT2D eigenvalue weighted by Crippen LogP contribution is 2.31. The van der Waals surface area contributed by atoms with Gasteiger partial charge in [-0.3, -0.25) is 4.79 Å². The predicted octanol–water partition coefficient (Wildman–Crippen LogP) is 1.97. The monoisotopic (exact) mass is 186 g/mol. The molecule has 1 unspecified atom stereocenters. The van der Waals surface area contributed by atoms with Crippen LogP contribution in [0.4, 0.5) is 0 Å². The second-order valence-corrected chi connectivity index (χ2v) is 3.65. The molecule has 0 saturated carbocycles. The summed E-state index contributed by atoms with van der Waals surface area (Å²) in [7, 11) is 0. The quantitative estimate of drug-likeness (QED) is 0.649. The van der Waals surface area contributed by atoms with Crippen molar-refractivity contribution in [2.45, 2.75) is 13.0 Å². The number of hydrogen-bond donors (Lipinski definition) is 2. The summed E-state index contributed by atoms with van der Waals surface area (Å²) in [5.41, 5.74) is 2.86. The van der Waals surface area contributed by atoms with Gasteiger partial charge in [0.05, 0.1) is 6.04 Å². The molecule has 3 nitrogen and oxygen atoms in total. The van der Waals surface area contributed by atoms with E-state index in [1.165, 1.54) is 0 Å². The standard InChI is InChI=1S/C11H10N2O/c1-6-9-7-4-2-3-5-8(7)13-10(9)11(14)12-6/h2-6,13H,1H3,(H,12,14). The van der Waals surface area contributed by atoms with Crippen LogP contribution in [0.5, 0.6) is 0 Å². The third-order valence-corrected chi connectivity index (χ3v) is 2.75. The van der Waals surface area contributed by atoms with Gasteiger partial charge in [-0.15, -0.1) is 0 Å². The molecule has 1 aliphatic heterocycles. The zero-order chi connectivity index (χ0) is 9.71. The molecule has 0 fully saturated rings. The van der Waals surface area contributed by atoms with Gasteiger partial charge < -0.3 is 10.3 Å². The number of hydrogen-bond acceptors (Lipinski definition) is 1. The average Bonchev–Trinajstić information content (AvgIpc) is 2.66. The lowest BCUT2D eigenvalue weighted by Crippen LogP contribution is -2.17. The lowest BCUT2D eigenvalue weighted by atomic mass is 10.1. The van der Waals surface area contributed by atoms with Crippen molar-refractivity contribution in [2.75, 3.05) is 0 Å². The maximum atomic E-state index is 11.5. The summed E-state index contributed by atoms with van der Waals surface area (Å²) in [5, 5.41) is 4.03. The van der Waals surface area contributed by atoms with E-state index in [1.807, 2.05) is 31.2 Å². The third kappa shape index (κ3) is 0.789. The highest BCUT2D eigenvalue weighted by atomic mass is 16.2. The fourth-order valence-corrected chi connectivity index (χ4v) is 2.13. The highest BCUT2D eigenvalue weighted by molar-refractivity contribution is 6.04. The minimum atomic E-state index is 0.00343. The molecule has 14 heavy (non-hydrogen) atoms. The van der Waals surface area contributed by atoms with E-state index < -0.39 is 0 Å². The largest absolute Gasteiger partial charge is 0.350 e. The van der Waals surface area contributed by atoms with E-state index in [4.69, 9.17) is 0 Å². The number of aromatic amines is 1. The van der Waals surface area contributed by atoms with Gasteiger partial charge in [0.2, 0.25) is 0 Å². The fraction of sp³-hybridized carbons (Fsp3) is 0.182. The number of aromatic nitrogens is 1. The van der Waals surface area contributed by atoms with Gasteiger partial charge in [-0.05, 0) is 13.0 Å². The van der Waals surface area contributed by atoms with Crippen LogP contribution >= 0.6 is 0 Å². The van der Waals surface area contributed by atoms with E-state index in [0.717, 1.165) is 22.2 Å². The molecule has 0 radical (unpaired) electrons. The number of nitrogens with one attached hydrogen (secondary N) is 2. The molecule has 0 spiro atoms. The molecule has 2 N–H and O–H groups in total. The first kappa shape index (κ1) is 7.62. The van der Waals surface area contributed by atoms with Gasteiger partial charge in [-0.1, -0.05) is 18.2 Å². The van der Waals surface area contributed by atoms with Crippen LogP contribution in [0, 0.1) is 0 Å². The van der Waals surface area contributed by atoms with Gasteiger partial charge in [0, 0.05) is 16.5 Å². The van der Waals surface area contributed by atoms with E-state index in [9.17, 15) is 4.79 Å². The topological polar surface area (TPSA) is 44.9 Å². The molecule has 3 rings (SSSR count). The Labute approximate surface area is 81.1 Å². The van der Waals surface area contributed by atoms with Gasteiger partial charge in [-0.25, -0.2) is 0 Å². The molecule has 0 saturated heterocycles. The van der Waals surface area contributed by atoms with Crippen molar-refractivity contribution in [3.63, 3.8) is 0 Å². The van der Waals surface area contributed by atoms with Crippen LogP contribution in [0.3, 0.4) is 0 Å². The second-order valence-electron chi connectivity index (χ2n) is 3.65. The van der Waals surface area contributed by atoms with Crippen molar-refractivity contribution in [2.24, 2.45) is 0 Å². The maximum absolute atomic E-state index is 11.5. The molecule has 0 aliphatic carbocycles. The van der Waals surface area contributed by atoms with Crippen LogP contribution < -0.4 is 5.32 Å². The second kappa shape index (κ2) is 2.38. The molecular formula is C11H10N2O. The Bertz CT molecular complexity index is 527. The van der Waals surface area contributed by atoms with E-state index >= 15 is 0 Å². The number of amides is 1. The zero-order valence-corrected chi connectivity index (χ0v) is 7.79. The summed E-state index contributed by atoms with van der Waals surface area (Å²) in [6.07, 6.45) is 0. The molecule has 1 aliphatic rings. The minimum Gasteiger partial charge on any atom is -0.350 e. The van der Waals surface area contributed by atoms with Gasteiger partial charge in [0.15, 0.2) is 0 Å². The number of fused-ring (bicyclic) bond motifs is 3. The van der Waals surface area contributed by atoms with Crippen molar-refractivity contribution >= 4 is 16.8 Å². The van der Waals surface area contributed by atoms with Crippen molar-refractivity contribution in [1.82, 2.24) is 10.3 Å². The Kier molecular flexibility index (Phi) is 1.29. The molecule has 1 aromatic carbocycles.